The zero-order chi connectivity index (χ0) is 8.85. The monoisotopic (exact) mass is 160 g/mol. The molecular weight excluding hydrogens is 144 g/mol. The third kappa shape index (κ3) is 5.85. The lowest BCUT2D eigenvalue weighted by atomic mass is 10.1. The minimum atomic E-state index is -0.374. The van der Waals surface area contributed by atoms with Gasteiger partial charge in [-0.1, -0.05) is 13.8 Å². The van der Waals surface area contributed by atoms with Gasteiger partial charge in [-0.2, -0.15) is 0 Å². The summed E-state index contributed by atoms with van der Waals surface area (Å²) in [6.45, 7) is 5.46. The third-order valence-corrected chi connectivity index (χ3v) is 1.16. The van der Waals surface area contributed by atoms with Crippen LogP contribution < -0.4 is 0 Å². The van der Waals surface area contributed by atoms with E-state index in [1.54, 1.807) is 6.92 Å². The fraction of sp³-hybridized carbons (Fsp3) is 0.875. The van der Waals surface area contributed by atoms with Gasteiger partial charge in [0.2, 0.25) is 0 Å². The van der Waals surface area contributed by atoms with Crippen molar-refractivity contribution in [3.8, 4) is 0 Å². The van der Waals surface area contributed by atoms with Gasteiger partial charge in [0.15, 0.2) is 0 Å². The van der Waals surface area contributed by atoms with Gasteiger partial charge in [-0.25, -0.2) is 0 Å². The Balaban J connectivity index is 3.52. The number of hydrogen-bond donors (Lipinski definition) is 1. The largest absolute Gasteiger partial charge is 0.460 e. The van der Waals surface area contributed by atoms with E-state index in [1.807, 2.05) is 13.8 Å². The van der Waals surface area contributed by atoms with Gasteiger partial charge in [0.1, 0.15) is 6.10 Å². The van der Waals surface area contributed by atoms with E-state index in [9.17, 15) is 4.79 Å². The highest BCUT2D eigenvalue weighted by Gasteiger charge is 2.09. The highest BCUT2D eigenvalue weighted by molar-refractivity contribution is 5.69. The van der Waals surface area contributed by atoms with Crippen LogP contribution in [0.3, 0.4) is 0 Å². The minimum Gasteiger partial charge on any atom is -0.460 e. The van der Waals surface area contributed by atoms with Crippen LogP contribution in [0.5, 0.6) is 0 Å². The number of carbonyl (C=O) groups excluding carboxylic acids is 1. The molecule has 0 rings (SSSR count). The van der Waals surface area contributed by atoms with Crippen molar-refractivity contribution < 1.29 is 14.6 Å². The van der Waals surface area contributed by atoms with E-state index in [4.69, 9.17) is 9.84 Å². The summed E-state index contributed by atoms with van der Waals surface area (Å²) in [5.41, 5.74) is 0. The van der Waals surface area contributed by atoms with Crippen LogP contribution in [0, 0.1) is 5.92 Å². The van der Waals surface area contributed by atoms with Crippen LogP contribution >= 0.6 is 0 Å². The summed E-state index contributed by atoms with van der Waals surface area (Å²) in [4.78, 5) is 10.9. The maximum absolute atomic E-state index is 10.9. The zero-order valence-corrected chi connectivity index (χ0v) is 7.33. The summed E-state index contributed by atoms with van der Waals surface area (Å²) in [6.07, 6.45) is 0.0471. The number of aliphatic hydroxyl groups is 1. The topological polar surface area (TPSA) is 46.5 Å². The van der Waals surface area contributed by atoms with Crippen LogP contribution in [-0.2, 0) is 9.53 Å². The van der Waals surface area contributed by atoms with Crippen LogP contribution in [-0.4, -0.2) is 23.8 Å². The standard InChI is InChI=1S/C8H16O3/c1-6(2)4-8(10)11-7(3)5-9/h6-7,9H,4-5H2,1-3H3. The van der Waals surface area contributed by atoms with Gasteiger partial charge in [0.05, 0.1) is 6.61 Å². The van der Waals surface area contributed by atoms with Crippen molar-refractivity contribution in [2.45, 2.75) is 33.3 Å². The fourth-order valence-corrected chi connectivity index (χ4v) is 0.643. The Bertz CT molecular complexity index is 121. The van der Waals surface area contributed by atoms with Gasteiger partial charge in [0.25, 0.3) is 0 Å². The fourth-order valence-electron chi connectivity index (χ4n) is 0.643. The van der Waals surface area contributed by atoms with Crippen molar-refractivity contribution in [2.24, 2.45) is 5.92 Å². The molecule has 3 nitrogen and oxygen atoms in total. The molecule has 1 unspecified atom stereocenters. The van der Waals surface area contributed by atoms with E-state index in [0.29, 0.717) is 12.3 Å². The smallest absolute Gasteiger partial charge is 0.306 e. The molecule has 0 aromatic carbocycles. The molecule has 0 saturated carbocycles. The number of esters is 1. The third-order valence-electron chi connectivity index (χ3n) is 1.16. The summed E-state index contributed by atoms with van der Waals surface area (Å²) in [6, 6.07) is 0. The van der Waals surface area contributed by atoms with E-state index in [1.165, 1.54) is 0 Å². The predicted octanol–water partition coefficient (Wildman–Crippen LogP) is 0.956. The molecule has 0 heterocycles. The van der Waals surface area contributed by atoms with Gasteiger partial charge >= 0.3 is 5.97 Å². The Morgan fingerprint density at radius 3 is 2.36 bits per heavy atom. The van der Waals surface area contributed by atoms with E-state index >= 15 is 0 Å². The normalized spacial score (nSPS) is 13.2. The molecule has 1 N–H and O–H groups in total. The molecule has 0 aliphatic rings. The highest BCUT2D eigenvalue weighted by Crippen LogP contribution is 2.02. The average molecular weight is 160 g/mol. The Morgan fingerprint density at radius 2 is 2.00 bits per heavy atom. The molecule has 0 spiro atoms. The summed E-state index contributed by atoms with van der Waals surface area (Å²) in [5, 5.41) is 8.54. The van der Waals surface area contributed by atoms with Crippen LogP contribution in [0.1, 0.15) is 27.2 Å². The van der Waals surface area contributed by atoms with E-state index in [-0.39, 0.29) is 18.7 Å². The van der Waals surface area contributed by atoms with Crippen molar-refractivity contribution in [3.63, 3.8) is 0 Å². The van der Waals surface area contributed by atoms with Crippen molar-refractivity contribution in [1.29, 1.82) is 0 Å². The molecule has 0 amide bonds. The van der Waals surface area contributed by atoms with Crippen LogP contribution in [0.25, 0.3) is 0 Å². The molecule has 3 heteroatoms. The first kappa shape index (κ1) is 10.4. The molecule has 66 valence electrons. The average Bonchev–Trinajstić information content (AvgIpc) is 1.85. The van der Waals surface area contributed by atoms with Crippen LogP contribution in [0.4, 0.5) is 0 Å². The van der Waals surface area contributed by atoms with Gasteiger partial charge in [0, 0.05) is 6.42 Å². The summed E-state index contributed by atoms with van der Waals surface area (Å²) in [7, 11) is 0. The molecule has 0 aromatic heterocycles. The maximum atomic E-state index is 10.9. The van der Waals surface area contributed by atoms with Gasteiger partial charge < -0.3 is 9.84 Å². The second kappa shape index (κ2) is 5.13. The first-order valence-electron chi connectivity index (χ1n) is 3.86. The lowest BCUT2D eigenvalue weighted by Gasteiger charge is -2.10. The molecule has 11 heavy (non-hydrogen) atoms. The van der Waals surface area contributed by atoms with E-state index in [2.05, 4.69) is 0 Å². The van der Waals surface area contributed by atoms with E-state index in [0.717, 1.165) is 0 Å². The highest BCUT2D eigenvalue weighted by atomic mass is 16.5. The first-order chi connectivity index (χ1) is 5.06. The molecule has 0 aliphatic carbocycles. The molecule has 0 radical (unpaired) electrons. The minimum absolute atomic E-state index is 0.107. The van der Waals surface area contributed by atoms with Crippen molar-refractivity contribution >= 4 is 5.97 Å². The summed E-state index contributed by atoms with van der Waals surface area (Å²) >= 11 is 0. The number of rotatable bonds is 4. The number of carbonyl (C=O) groups is 1. The Morgan fingerprint density at radius 1 is 1.45 bits per heavy atom. The Kier molecular flexibility index (Phi) is 4.86. The SMILES string of the molecule is CC(C)CC(=O)OC(C)CO. The van der Waals surface area contributed by atoms with Gasteiger partial charge in [-0.05, 0) is 12.8 Å². The summed E-state index contributed by atoms with van der Waals surface area (Å²) < 4.78 is 4.82. The molecule has 0 fully saturated rings. The van der Waals surface area contributed by atoms with Gasteiger partial charge in [-0.3, -0.25) is 4.79 Å². The van der Waals surface area contributed by atoms with Gasteiger partial charge in [-0.15, -0.1) is 0 Å². The molecular formula is C8H16O3. The second-order valence-electron chi connectivity index (χ2n) is 3.08. The van der Waals surface area contributed by atoms with E-state index < -0.39 is 0 Å². The molecule has 1 atom stereocenters. The Hall–Kier alpha value is -0.570. The number of hydrogen-bond acceptors (Lipinski definition) is 3. The van der Waals surface area contributed by atoms with Crippen molar-refractivity contribution in [1.82, 2.24) is 0 Å². The maximum Gasteiger partial charge on any atom is 0.306 e. The molecule has 0 saturated heterocycles. The number of aliphatic hydroxyl groups excluding tert-OH is 1. The van der Waals surface area contributed by atoms with Crippen molar-refractivity contribution in [3.05, 3.63) is 0 Å². The Labute approximate surface area is 67.4 Å². The molecule has 0 aromatic rings. The lowest BCUT2D eigenvalue weighted by Crippen LogP contribution is -2.19. The summed E-state index contributed by atoms with van der Waals surface area (Å²) in [5.74, 6) is 0.0787. The predicted molar refractivity (Wildman–Crippen MR) is 42.1 cm³/mol. The quantitative estimate of drug-likeness (QED) is 0.623. The van der Waals surface area contributed by atoms with Crippen molar-refractivity contribution in [2.75, 3.05) is 6.61 Å². The van der Waals surface area contributed by atoms with Crippen LogP contribution in [0.2, 0.25) is 0 Å². The molecule has 0 bridgehead atoms. The zero-order valence-electron chi connectivity index (χ0n) is 7.33. The first-order valence-corrected chi connectivity index (χ1v) is 3.86. The molecule has 0 aliphatic heterocycles. The second-order valence-corrected chi connectivity index (χ2v) is 3.08. The lowest BCUT2D eigenvalue weighted by molar-refractivity contribution is -0.150. The number of ether oxygens (including phenoxy) is 1. The van der Waals surface area contributed by atoms with Crippen LogP contribution in [0.15, 0.2) is 0 Å².